The molecule has 0 aliphatic heterocycles. The fraction of sp³-hybridized carbons (Fsp3) is 0.333. The summed E-state index contributed by atoms with van der Waals surface area (Å²) in [5, 5.41) is 0.501. The van der Waals surface area contributed by atoms with Crippen LogP contribution in [0.1, 0.15) is 54.3 Å². The number of methoxy groups -OCH3 is 1. The Morgan fingerprint density at radius 3 is 2.58 bits per heavy atom. The molecule has 0 bridgehead atoms. The van der Waals surface area contributed by atoms with Crippen molar-refractivity contribution in [3.8, 4) is 16.9 Å². The van der Waals surface area contributed by atoms with Crippen LogP contribution in [-0.2, 0) is 6.54 Å². The summed E-state index contributed by atoms with van der Waals surface area (Å²) in [6.07, 6.45) is 6.88. The number of ether oxygens (including phenoxy) is 1. The quantitative estimate of drug-likeness (QED) is 0.253. The van der Waals surface area contributed by atoms with Gasteiger partial charge in [-0.25, -0.2) is 9.37 Å². The van der Waals surface area contributed by atoms with Gasteiger partial charge in [0.1, 0.15) is 22.3 Å². The smallest absolute Gasteiger partial charge is 0.266 e. The third-order valence-electron chi connectivity index (χ3n) is 7.64. The molecule has 0 saturated heterocycles. The number of nitrogen functional groups attached to an aromatic ring is 1. The lowest BCUT2D eigenvalue weighted by Gasteiger charge is -2.37. The van der Waals surface area contributed by atoms with Crippen LogP contribution in [0.5, 0.6) is 5.75 Å². The summed E-state index contributed by atoms with van der Waals surface area (Å²) in [6, 6.07) is 14.5. The topological polar surface area (TPSA) is 68.4 Å². The van der Waals surface area contributed by atoms with E-state index in [9.17, 15) is 9.18 Å². The average molecular weight is 552 g/mol. The third kappa shape index (κ3) is 5.22. The maximum Gasteiger partial charge on any atom is 0.266 e. The van der Waals surface area contributed by atoms with Crippen LogP contribution < -0.4 is 10.5 Å². The summed E-state index contributed by atoms with van der Waals surface area (Å²) < 4.78 is 21.0. The van der Waals surface area contributed by atoms with E-state index >= 15 is 0 Å². The highest BCUT2D eigenvalue weighted by atomic mass is 35.5. The maximum atomic E-state index is 14.6. The number of anilines is 1. The predicted octanol–water partition coefficient (Wildman–Crippen LogP) is 7.96. The highest BCUT2D eigenvalue weighted by Gasteiger charge is 2.32. The summed E-state index contributed by atoms with van der Waals surface area (Å²) in [6.45, 7) is 2.58. The van der Waals surface area contributed by atoms with Gasteiger partial charge in [-0.05, 0) is 73.6 Å². The van der Waals surface area contributed by atoms with E-state index in [0.29, 0.717) is 39.0 Å². The first kappa shape index (κ1) is 26.4. The summed E-state index contributed by atoms with van der Waals surface area (Å²) in [5.74, 6) is 1.26. The number of carbonyl (C=O) groups is 1. The predicted molar refractivity (Wildman–Crippen MR) is 153 cm³/mol. The molecule has 2 N–H and O–H groups in total. The van der Waals surface area contributed by atoms with Gasteiger partial charge in [0.2, 0.25) is 0 Å². The van der Waals surface area contributed by atoms with Crippen LogP contribution >= 0.6 is 22.9 Å². The average Bonchev–Trinajstić information content (AvgIpc) is 3.29. The van der Waals surface area contributed by atoms with E-state index in [0.717, 1.165) is 48.8 Å². The van der Waals surface area contributed by atoms with Crippen molar-refractivity contribution in [1.82, 2.24) is 9.88 Å². The van der Waals surface area contributed by atoms with Gasteiger partial charge in [-0.1, -0.05) is 37.1 Å². The molecule has 8 heteroatoms. The van der Waals surface area contributed by atoms with E-state index in [2.05, 4.69) is 11.9 Å². The third-order valence-corrected chi connectivity index (χ3v) is 9.27. The number of carbonyl (C=O) groups excluding carboxylic acids is 1. The number of nitrogens with two attached hydrogens (primary N) is 1. The van der Waals surface area contributed by atoms with E-state index in [1.165, 1.54) is 17.4 Å². The maximum absolute atomic E-state index is 14.6. The molecule has 1 aliphatic carbocycles. The van der Waals surface area contributed by atoms with Gasteiger partial charge < -0.3 is 15.4 Å². The van der Waals surface area contributed by atoms with Crippen molar-refractivity contribution in [1.29, 1.82) is 0 Å². The monoisotopic (exact) mass is 551 g/mol. The van der Waals surface area contributed by atoms with Crippen LogP contribution in [0.3, 0.4) is 0 Å². The fourth-order valence-electron chi connectivity index (χ4n) is 5.41. The Morgan fingerprint density at radius 2 is 1.92 bits per heavy atom. The molecule has 1 aliphatic rings. The second-order valence-electron chi connectivity index (χ2n) is 9.87. The van der Waals surface area contributed by atoms with E-state index < -0.39 is 5.82 Å². The van der Waals surface area contributed by atoms with Crippen molar-refractivity contribution >= 4 is 44.7 Å². The van der Waals surface area contributed by atoms with Crippen LogP contribution in [0.15, 0.2) is 54.7 Å². The number of hydrogen-bond donors (Lipinski definition) is 1. The molecule has 0 radical (unpaired) electrons. The Bertz CT molecular complexity index is 1450. The molecule has 198 valence electrons. The van der Waals surface area contributed by atoms with Crippen LogP contribution in [-0.4, -0.2) is 28.9 Å². The number of amides is 1. The number of nitrogens with zero attached hydrogens (tertiary/aromatic N) is 2. The van der Waals surface area contributed by atoms with Gasteiger partial charge in [-0.2, -0.15) is 0 Å². The van der Waals surface area contributed by atoms with E-state index in [1.807, 2.05) is 29.2 Å². The van der Waals surface area contributed by atoms with Gasteiger partial charge >= 0.3 is 0 Å². The van der Waals surface area contributed by atoms with E-state index in [-0.39, 0.29) is 17.0 Å². The van der Waals surface area contributed by atoms with Crippen LogP contribution in [0, 0.1) is 11.7 Å². The minimum absolute atomic E-state index is 0.0583. The highest BCUT2D eigenvalue weighted by molar-refractivity contribution is 7.21. The Morgan fingerprint density at radius 1 is 1.16 bits per heavy atom. The minimum Gasteiger partial charge on any atom is -0.496 e. The zero-order valence-corrected chi connectivity index (χ0v) is 23.1. The Hall–Kier alpha value is -3.16. The number of aromatic nitrogens is 1. The molecule has 2 aromatic heterocycles. The van der Waals surface area contributed by atoms with Gasteiger partial charge in [0.05, 0.1) is 12.1 Å². The fourth-order valence-corrected chi connectivity index (χ4v) is 6.92. The van der Waals surface area contributed by atoms with Crippen LogP contribution in [0.2, 0.25) is 5.02 Å². The molecule has 38 heavy (non-hydrogen) atoms. The van der Waals surface area contributed by atoms with Gasteiger partial charge in [0.25, 0.3) is 5.91 Å². The Balaban J connectivity index is 1.54. The molecule has 0 atom stereocenters. The molecule has 1 fully saturated rings. The lowest BCUT2D eigenvalue weighted by molar-refractivity contribution is 0.0591. The largest absolute Gasteiger partial charge is 0.496 e. The molecule has 5 rings (SSSR count). The first-order valence-electron chi connectivity index (χ1n) is 13.0. The molecular weight excluding hydrogens is 521 g/mol. The zero-order chi connectivity index (χ0) is 26.8. The molecule has 0 unspecified atom stereocenters. The molecule has 2 heterocycles. The first-order valence-corrected chi connectivity index (χ1v) is 14.1. The number of rotatable bonds is 7. The van der Waals surface area contributed by atoms with Crippen LogP contribution in [0.4, 0.5) is 10.2 Å². The number of thiophene rings is 1. The van der Waals surface area contributed by atoms with Crippen molar-refractivity contribution < 1.29 is 13.9 Å². The number of benzene rings is 2. The summed E-state index contributed by atoms with van der Waals surface area (Å²) in [7, 11) is 1.63. The van der Waals surface area contributed by atoms with Gasteiger partial charge in [0.15, 0.2) is 0 Å². The molecule has 4 aromatic rings. The molecule has 2 aromatic carbocycles. The zero-order valence-electron chi connectivity index (χ0n) is 21.5. The van der Waals surface area contributed by atoms with Gasteiger partial charge in [0, 0.05) is 40.0 Å². The SMILES string of the molecule is CCC1CCC(N(Cc2cc(-c3ccc(N)nc3)ccc2OC)C(=O)c2sc3cccc(F)c3c2Cl)CC1. The molecule has 5 nitrogen and oxygen atoms in total. The van der Waals surface area contributed by atoms with E-state index in [1.54, 1.807) is 31.5 Å². The van der Waals surface area contributed by atoms with Gasteiger partial charge in [-0.3, -0.25) is 4.79 Å². The summed E-state index contributed by atoms with van der Waals surface area (Å²) in [5.41, 5.74) is 8.54. The Labute approximate surface area is 231 Å². The second kappa shape index (κ2) is 11.3. The summed E-state index contributed by atoms with van der Waals surface area (Å²) >= 11 is 7.90. The standard InChI is InChI=1S/C30H31ClFN3O2S/c1-3-18-7-11-22(12-8-18)35(30(36)29-28(31)27-23(32)5-4-6-25(27)38-29)17-21-15-19(9-13-24(21)37-2)20-10-14-26(33)34-16-20/h4-6,9-10,13-16,18,22H,3,7-8,11-12,17H2,1-2H3,(H2,33,34). The van der Waals surface area contributed by atoms with Crippen LogP contribution in [0.25, 0.3) is 21.2 Å². The highest BCUT2D eigenvalue weighted by Crippen LogP contribution is 2.40. The number of halogens is 2. The molecule has 1 saturated carbocycles. The lowest BCUT2D eigenvalue weighted by atomic mass is 9.83. The number of fused-ring (bicyclic) bond motifs is 1. The minimum atomic E-state index is -0.413. The number of hydrogen-bond acceptors (Lipinski definition) is 5. The van der Waals surface area contributed by atoms with Crippen molar-refractivity contribution in [2.45, 2.75) is 51.6 Å². The summed E-state index contributed by atoms with van der Waals surface area (Å²) in [4.78, 5) is 20.7. The van der Waals surface area contributed by atoms with Crippen molar-refractivity contribution in [2.75, 3.05) is 12.8 Å². The molecular formula is C30H31ClFN3O2S. The van der Waals surface area contributed by atoms with Crippen molar-refractivity contribution in [2.24, 2.45) is 5.92 Å². The van der Waals surface area contributed by atoms with Crippen molar-refractivity contribution in [3.63, 3.8) is 0 Å². The van der Waals surface area contributed by atoms with Gasteiger partial charge in [-0.15, -0.1) is 11.3 Å². The lowest BCUT2D eigenvalue weighted by Crippen LogP contribution is -2.41. The normalized spacial score (nSPS) is 17.5. The van der Waals surface area contributed by atoms with E-state index in [4.69, 9.17) is 22.1 Å². The first-order chi connectivity index (χ1) is 18.4. The second-order valence-corrected chi connectivity index (χ2v) is 11.3. The molecule has 0 spiro atoms. The molecule has 1 amide bonds. The number of pyridine rings is 1. The Kier molecular flexibility index (Phi) is 7.86. The van der Waals surface area contributed by atoms with Crippen molar-refractivity contribution in [3.05, 3.63) is 76.0 Å².